The molecule has 212 valence electrons. The predicted octanol–water partition coefficient (Wildman–Crippen LogP) is 4.01. The van der Waals surface area contributed by atoms with Crippen molar-refractivity contribution in [2.45, 2.75) is 24.7 Å². The molecule has 3 heterocycles. The highest BCUT2D eigenvalue weighted by molar-refractivity contribution is 6.08. The molecule has 2 N–H and O–H groups in total. The summed E-state index contributed by atoms with van der Waals surface area (Å²) in [7, 11) is 1.50. The minimum atomic E-state index is -1.15. The first kappa shape index (κ1) is 27.1. The van der Waals surface area contributed by atoms with E-state index in [2.05, 4.69) is 10.4 Å². The SMILES string of the molecule is COc1ccccc1[C@@H](O)[C@H]1C=C[C@H]2C(=O)N(Cc3cccc4cccnc34)C(=O)[C@H]2N1Nc1ccc([N+](=O)[O-])cc1. The summed E-state index contributed by atoms with van der Waals surface area (Å²) in [5.74, 6) is -1.15. The molecule has 0 radical (unpaired) electrons. The standard InChI is InChI=1S/C31H27N5O6/c1-42-26-10-3-2-9-23(26)29(37)25-16-15-24-28(35(25)33-21-11-13-22(14-12-21)36(40)41)31(39)34(30(24)38)18-20-7-4-6-19-8-5-17-32-27(19)20/h2-17,24-25,28-29,33,37H,18H2,1H3/t24-,25-,28+,29-/m1/s1. The van der Waals surface area contributed by atoms with Crippen LogP contribution in [-0.4, -0.2) is 55.9 Å². The number of fused-ring (bicyclic) bond motifs is 2. The first-order chi connectivity index (χ1) is 20.4. The molecule has 1 aromatic heterocycles. The van der Waals surface area contributed by atoms with Crippen LogP contribution in [0.2, 0.25) is 0 Å². The number of likely N-dealkylation sites (tertiary alicyclic amines) is 1. The number of methoxy groups -OCH3 is 1. The number of non-ortho nitro benzene ring substituents is 1. The van der Waals surface area contributed by atoms with Gasteiger partial charge in [0.2, 0.25) is 11.8 Å². The number of nitrogens with one attached hydrogen (secondary N) is 1. The number of rotatable bonds is 8. The zero-order valence-electron chi connectivity index (χ0n) is 22.5. The molecule has 2 aliphatic rings. The van der Waals surface area contributed by atoms with Gasteiger partial charge in [-0.15, -0.1) is 0 Å². The normalized spacial score (nSPS) is 20.9. The van der Waals surface area contributed by atoms with Gasteiger partial charge in [0, 0.05) is 35.0 Å². The lowest BCUT2D eigenvalue weighted by atomic mass is 9.90. The van der Waals surface area contributed by atoms with Gasteiger partial charge in [0.25, 0.3) is 5.69 Å². The van der Waals surface area contributed by atoms with Crippen LogP contribution in [0.3, 0.4) is 0 Å². The number of aliphatic hydroxyl groups excluding tert-OH is 1. The maximum absolute atomic E-state index is 14.0. The number of hydrazine groups is 1. The number of pyridine rings is 1. The second kappa shape index (κ2) is 11.0. The highest BCUT2D eigenvalue weighted by Crippen LogP contribution is 2.39. The van der Waals surface area contributed by atoms with Gasteiger partial charge in [-0.05, 0) is 29.8 Å². The van der Waals surface area contributed by atoms with E-state index in [1.165, 1.54) is 36.3 Å². The average Bonchev–Trinajstić information content (AvgIpc) is 3.26. The van der Waals surface area contributed by atoms with E-state index in [9.17, 15) is 24.8 Å². The van der Waals surface area contributed by atoms with Crippen molar-refractivity contribution in [3.05, 3.63) is 118 Å². The van der Waals surface area contributed by atoms with E-state index in [4.69, 9.17) is 4.74 Å². The fraction of sp³-hybridized carbons (Fsp3) is 0.194. The molecule has 11 heteroatoms. The molecule has 4 aromatic rings. The van der Waals surface area contributed by atoms with E-state index in [0.717, 1.165) is 10.9 Å². The maximum atomic E-state index is 14.0. The summed E-state index contributed by atoms with van der Waals surface area (Å²) in [4.78, 5) is 44.1. The summed E-state index contributed by atoms with van der Waals surface area (Å²) in [6.45, 7) is 0.0396. The van der Waals surface area contributed by atoms with Crippen molar-refractivity contribution in [3.63, 3.8) is 0 Å². The molecule has 2 aliphatic heterocycles. The molecule has 0 spiro atoms. The molecule has 4 atom stereocenters. The summed E-state index contributed by atoms with van der Waals surface area (Å²) >= 11 is 0. The van der Waals surface area contributed by atoms with Crippen molar-refractivity contribution < 1.29 is 24.4 Å². The fourth-order valence-electron chi connectivity index (χ4n) is 5.65. The van der Waals surface area contributed by atoms with E-state index in [1.807, 2.05) is 30.3 Å². The number of nitrogens with zero attached hydrogens (tertiary/aromatic N) is 4. The summed E-state index contributed by atoms with van der Waals surface area (Å²) < 4.78 is 5.47. The van der Waals surface area contributed by atoms with Crippen LogP contribution >= 0.6 is 0 Å². The Morgan fingerprint density at radius 2 is 1.76 bits per heavy atom. The highest BCUT2D eigenvalue weighted by Gasteiger charge is 2.53. The number of ether oxygens (including phenoxy) is 1. The molecule has 0 aliphatic carbocycles. The maximum Gasteiger partial charge on any atom is 0.269 e. The number of carbonyl (C=O) groups is 2. The number of amides is 2. The highest BCUT2D eigenvalue weighted by atomic mass is 16.6. The average molecular weight is 566 g/mol. The first-order valence-electron chi connectivity index (χ1n) is 13.3. The molecule has 2 amide bonds. The lowest BCUT2D eigenvalue weighted by Crippen LogP contribution is -2.55. The van der Waals surface area contributed by atoms with E-state index in [1.54, 1.807) is 47.6 Å². The van der Waals surface area contributed by atoms with Crippen LogP contribution in [0.15, 0.2) is 97.2 Å². The number of benzene rings is 3. The molecule has 11 nitrogen and oxygen atoms in total. The number of carbonyl (C=O) groups excluding carboxylic acids is 2. The Balaban J connectivity index is 1.37. The van der Waals surface area contributed by atoms with E-state index in [-0.39, 0.29) is 18.1 Å². The van der Waals surface area contributed by atoms with Crippen LogP contribution in [0.5, 0.6) is 5.75 Å². The molecule has 42 heavy (non-hydrogen) atoms. The lowest BCUT2D eigenvalue weighted by molar-refractivity contribution is -0.384. The van der Waals surface area contributed by atoms with Crippen LogP contribution in [0.25, 0.3) is 10.9 Å². The first-order valence-corrected chi connectivity index (χ1v) is 13.3. The smallest absolute Gasteiger partial charge is 0.269 e. The number of aromatic nitrogens is 1. The van der Waals surface area contributed by atoms with Gasteiger partial charge in [0.1, 0.15) is 17.9 Å². The van der Waals surface area contributed by atoms with Gasteiger partial charge >= 0.3 is 0 Å². The zero-order chi connectivity index (χ0) is 29.4. The number of hydrogen-bond donors (Lipinski definition) is 2. The van der Waals surface area contributed by atoms with Crippen molar-refractivity contribution in [3.8, 4) is 5.75 Å². The van der Waals surface area contributed by atoms with E-state index < -0.39 is 34.9 Å². The molecular formula is C31H27N5O6. The van der Waals surface area contributed by atoms with Gasteiger partial charge in [-0.2, -0.15) is 0 Å². The number of nitro benzene ring substituents is 1. The molecule has 0 bridgehead atoms. The molecule has 3 aromatic carbocycles. The Morgan fingerprint density at radius 3 is 2.52 bits per heavy atom. The minimum Gasteiger partial charge on any atom is -0.496 e. The van der Waals surface area contributed by atoms with Gasteiger partial charge in [-0.1, -0.05) is 54.6 Å². The summed E-state index contributed by atoms with van der Waals surface area (Å²) in [6, 6.07) is 20.3. The second-order valence-electron chi connectivity index (χ2n) is 10.1. The molecule has 0 saturated carbocycles. The third-order valence-electron chi connectivity index (χ3n) is 7.71. The molecule has 6 rings (SSSR count). The van der Waals surface area contributed by atoms with Crippen LogP contribution in [0.1, 0.15) is 17.2 Å². The summed E-state index contributed by atoms with van der Waals surface area (Å²) in [5, 5.41) is 25.2. The molecule has 1 saturated heterocycles. The van der Waals surface area contributed by atoms with Gasteiger partial charge in [-0.25, -0.2) is 5.01 Å². The molecule has 0 unspecified atom stereocenters. The minimum absolute atomic E-state index is 0.0396. The number of imide groups is 1. The number of nitro groups is 1. The fourth-order valence-corrected chi connectivity index (χ4v) is 5.65. The van der Waals surface area contributed by atoms with E-state index >= 15 is 0 Å². The topological polar surface area (TPSA) is 138 Å². The monoisotopic (exact) mass is 565 g/mol. The van der Waals surface area contributed by atoms with Crippen molar-refractivity contribution in [2.75, 3.05) is 12.5 Å². The van der Waals surface area contributed by atoms with E-state index in [0.29, 0.717) is 22.5 Å². The van der Waals surface area contributed by atoms with Crippen molar-refractivity contribution in [1.29, 1.82) is 0 Å². The predicted molar refractivity (Wildman–Crippen MR) is 154 cm³/mol. The van der Waals surface area contributed by atoms with Crippen LogP contribution in [-0.2, 0) is 16.1 Å². The Kier molecular flexibility index (Phi) is 7.11. The van der Waals surface area contributed by atoms with Gasteiger partial charge in [-0.3, -0.25) is 29.6 Å². The second-order valence-corrected chi connectivity index (χ2v) is 10.1. The van der Waals surface area contributed by atoms with Crippen LogP contribution in [0, 0.1) is 16.0 Å². The number of aliphatic hydroxyl groups is 1. The zero-order valence-corrected chi connectivity index (χ0v) is 22.5. The van der Waals surface area contributed by atoms with Gasteiger partial charge in [0.05, 0.1) is 36.1 Å². The van der Waals surface area contributed by atoms with Crippen LogP contribution < -0.4 is 10.2 Å². The third kappa shape index (κ3) is 4.74. The Bertz CT molecular complexity index is 1700. The largest absolute Gasteiger partial charge is 0.496 e. The van der Waals surface area contributed by atoms with Crippen molar-refractivity contribution in [2.24, 2.45) is 5.92 Å². The number of anilines is 1. The number of para-hydroxylation sites is 2. The molecular weight excluding hydrogens is 538 g/mol. The molecule has 1 fully saturated rings. The Hall–Kier alpha value is -5.13. The third-order valence-corrected chi connectivity index (χ3v) is 7.71. The van der Waals surface area contributed by atoms with Crippen molar-refractivity contribution >= 4 is 34.1 Å². The van der Waals surface area contributed by atoms with Gasteiger partial charge < -0.3 is 15.3 Å². The summed E-state index contributed by atoms with van der Waals surface area (Å²) in [6.07, 6.45) is 3.89. The van der Waals surface area contributed by atoms with Crippen molar-refractivity contribution in [1.82, 2.24) is 14.9 Å². The Morgan fingerprint density at radius 1 is 1.00 bits per heavy atom. The summed E-state index contributed by atoms with van der Waals surface area (Å²) in [5.41, 5.74) is 5.46. The Labute approximate surface area is 240 Å². The van der Waals surface area contributed by atoms with Gasteiger partial charge in [0.15, 0.2) is 0 Å². The lowest BCUT2D eigenvalue weighted by Gasteiger charge is -2.40. The quantitative estimate of drug-likeness (QED) is 0.140. The number of hydrogen-bond acceptors (Lipinski definition) is 9. The van der Waals surface area contributed by atoms with Crippen LogP contribution in [0.4, 0.5) is 11.4 Å².